The quantitative estimate of drug-likeness (QED) is 0.843. The zero-order valence-electron chi connectivity index (χ0n) is 10.3. The van der Waals surface area contributed by atoms with E-state index in [9.17, 15) is 5.11 Å². The molecule has 0 fully saturated rings. The zero-order valence-corrected chi connectivity index (χ0v) is 10.3. The third kappa shape index (κ3) is 2.00. The first-order chi connectivity index (χ1) is 8.88. The Hall–Kier alpha value is -1.80. The van der Waals surface area contributed by atoms with Gasteiger partial charge < -0.3 is 10.4 Å². The fraction of sp³-hybridized carbons (Fsp3) is 0.250. The van der Waals surface area contributed by atoms with Crippen LogP contribution >= 0.6 is 0 Å². The van der Waals surface area contributed by atoms with Crippen molar-refractivity contribution in [2.24, 2.45) is 0 Å². The average molecular weight is 239 g/mol. The molecule has 2 nitrogen and oxygen atoms in total. The number of hydrogen-bond donors (Lipinski definition) is 2. The largest absolute Gasteiger partial charge is 0.392 e. The molecule has 92 valence electrons. The molecule has 1 aliphatic rings. The van der Waals surface area contributed by atoms with Crippen LogP contribution in [-0.4, -0.2) is 5.11 Å². The summed E-state index contributed by atoms with van der Waals surface area (Å²) in [4.78, 5) is 0. The maximum atomic E-state index is 9.35. The number of aliphatic hydroxyl groups is 1. The summed E-state index contributed by atoms with van der Waals surface area (Å²) in [6.45, 7) is 0.126. The fourth-order valence-electron chi connectivity index (χ4n) is 2.70. The predicted molar refractivity (Wildman–Crippen MR) is 73.5 cm³/mol. The minimum Gasteiger partial charge on any atom is -0.392 e. The molecule has 3 rings (SSSR count). The first kappa shape index (κ1) is 11.3. The van der Waals surface area contributed by atoms with Crippen molar-refractivity contribution >= 4 is 5.69 Å². The summed E-state index contributed by atoms with van der Waals surface area (Å²) >= 11 is 0. The lowest BCUT2D eigenvalue weighted by Crippen LogP contribution is -2.19. The van der Waals surface area contributed by atoms with Crippen LogP contribution in [0.5, 0.6) is 0 Å². The maximum absolute atomic E-state index is 9.35. The highest BCUT2D eigenvalue weighted by Gasteiger charge is 2.20. The highest BCUT2D eigenvalue weighted by atomic mass is 16.3. The molecule has 1 heterocycles. The van der Waals surface area contributed by atoms with Crippen LogP contribution in [-0.2, 0) is 13.0 Å². The lowest BCUT2D eigenvalue weighted by Gasteiger charge is -2.28. The summed E-state index contributed by atoms with van der Waals surface area (Å²) in [5, 5.41) is 12.9. The van der Waals surface area contributed by atoms with Gasteiger partial charge in [0.2, 0.25) is 0 Å². The van der Waals surface area contributed by atoms with Crippen molar-refractivity contribution < 1.29 is 5.11 Å². The van der Waals surface area contributed by atoms with Crippen molar-refractivity contribution in [1.82, 2.24) is 0 Å². The Morgan fingerprint density at radius 1 is 1.06 bits per heavy atom. The van der Waals surface area contributed by atoms with E-state index >= 15 is 0 Å². The van der Waals surface area contributed by atoms with E-state index in [0.717, 1.165) is 18.4 Å². The van der Waals surface area contributed by atoms with E-state index in [0.29, 0.717) is 6.04 Å². The van der Waals surface area contributed by atoms with Gasteiger partial charge in [-0.25, -0.2) is 0 Å². The monoisotopic (exact) mass is 239 g/mol. The molecule has 2 aromatic carbocycles. The zero-order chi connectivity index (χ0) is 12.4. The summed E-state index contributed by atoms with van der Waals surface area (Å²) in [5.41, 5.74) is 4.82. The molecule has 2 N–H and O–H groups in total. The molecule has 0 saturated carbocycles. The van der Waals surface area contributed by atoms with E-state index in [2.05, 4.69) is 35.6 Å². The molecule has 18 heavy (non-hydrogen) atoms. The number of aliphatic hydroxyl groups excluding tert-OH is 1. The molecule has 0 bridgehead atoms. The molecule has 0 radical (unpaired) electrons. The lowest BCUT2D eigenvalue weighted by atomic mass is 9.91. The fourth-order valence-corrected chi connectivity index (χ4v) is 2.70. The van der Waals surface area contributed by atoms with Gasteiger partial charge in [-0.15, -0.1) is 0 Å². The highest BCUT2D eigenvalue weighted by Crippen LogP contribution is 2.34. The summed E-state index contributed by atoms with van der Waals surface area (Å²) in [5.74, 6) is 0. The van der Waals surface area contributed by atoms with Crippen LogP contribution in [0.2, 0.25) is 0 Å². The molecule has 0 aromatic heterocycles. The van der Waals surface area contributed by atoms with Crippen LogP contribution in [0.1, 0.15) is 29.2 Å². The first-order valence-corrected chi connectivity index (χ1v) is 6.41. The average Bonchev–Trinajstić information content (AvgIpc) is 2.47. The second-order valence-corrected chi connectivity index (χ2v) is 4.75. The third-order valence-corrected chi connectivity index (χ3v) is 3.66. The Labute approximate surface area is 107 Å². The van der Waals surface area contributed by atoms with Gasteiger partial charge in [0.15, 0.2) is 0 Å². The molecule has 0 spiro atoms. The molecule has 2 aromatic rings. The Bertz CT molecular complexity index is 536. The van der Waals surface area contributed by atoms with Gasteiger partial charge in [-0.05, 0) is 35.6 Å². The van der Waals surface area contributed by atoms with Crippen molar-refractivity contribution in [2.75, 3.05) is 5.32 Å². The normalized spacial score (nSPS) is 17.9. The molecule has 1 aliphatic heterocycles. The van der Waals surface area contributed by atoms with Crippen molar-refractivity contribution in [1.29, 1.82) is 0 Å². The number of anilines is 1. The molecule has 1 atom stereocenters. The molecule has 0 saturated heterocycles. The van der Waals surface area contributed by atoms with Crippen molar-refractivity contribution in [3.63, 3.8) is 0 Å². The summed E-state index contributed by atoms with van der Waals surface area (Å²) in [6, 6.07) is 17.0. The van der Waals surface area contributed by atoms with Crippen LogP contribution in [0.3, 0.4) is 0 Å². The van der Waals surface area contributed by atoms with Gasteiger partial charge in [0, 0.05) is 5.69 Å². The van der Waals surface area contributed by atoms with Crippen LogP contribution in [0.25, 0.3) is 0 Å². The summed E-state index contributed by atoms with van der Waals surface area (Å²) in [7, 11) is 0. The standard InChI is InChI=1S/C16H17NO/c18-11-13-7-4-8-16-14(13)9-10-15(17-16)12-5-2-1-3-6-12/h1-8,15,17-18H,9-11H2. The predicted octanol–water partition coefficient (Wildman–Crippen LogP) is 3.28. The minimum absolute atomic E-state index is 0.126. The van der Waals surface area contributed by atoms with E-state index in [-0.39, 0.29) is 6.61 Å². The molecule has 0 aliphatic carbocycles. The third-order valence-electron chi connectivity index (χ3n) is 3.66. The van der Waals surface area contributed by atoms with Gasteiger partial charge >= 0.3 is 0 Å². The van der Waals surface area contributed by atoms with Crippen molar-refractivity contribution in [3.8, 4) is 0 Å². The minimum atomic E-state index is 0.126. The van der Waals surface area contributed by atoms with Gasteiger partial charge in [0.05, 0.1) is 12.6 Å². The summed E-state index contributed by atoms with van der Waals surface area (Å²) < 4.78 is 0. The maximum Gasteiger partial charge on any atom is 0.0685 e. The Morgan fingerprint density at radius 2 is 1.89 bits per heavy atom. The van der Waals surface area contributed by atoms with E-state index in [1.165, 1.54) is 16.8 Å². The Kier molecular flexibility index (Phi) is 3.03. The van der Waals surface area contributed by atoms with Gasteiger partial charge in [-0.1, -0.05) is 42.5 Å². The van der Waals surface area contributed by atoms with E-state index < -0.39 is 0 Å². The second-order valence-electron chi connectivity index (χ2n) is 4.75. The Morgan fingerprint density at radius 3 is 2.67 bits per heavy atom. The number of fused-ring (bicyclic) bond motifs is 1. The summed E-state index contributed by atoms with van der Waals surface area (Å²) in [6.07, 6.45) is 2.10. The van der Waals surface area contributed by atoms with Gasteiger partial charge in [-0.3, -0.25) is 0 Å². The second kappa shape index (κ2) is 4.83. The number of nitrogens with one attached hydrogen (secondary N) is 1. The van der Waals surface area contributed by atoms with E-state index in [1.54, 1.807) is 0 Å². The molecular weight excluding hydrogens is 222 g/mol. The van der Waals surface area contributed by atoms with Gasteiger partial charge in [0.25, 0.3) is 0 Å². The van der Waals surface area contributed by atoms with Crippen LogP contribution in [0, 0.1) is 0 Å². The smallest absolute Gasteiger partial charge is 0.0685 e. The molecule has 2 heteroatoms. The number of rotatable bonds is 2. The van der Waals surface area contributed by atoms with Crippen molar-refractivity contribution in [3.05, 3.63) is 65.2 Å². The van der Waals surface area contributed by atoms with Crippen LogP contribution < -0.4 is 5.32 Å². The lowest BCUT2D eigenvalue weighted by molar-refractivity contribution is 0.280. The van der Waals surface area contributed by atoms with Gasteiger partial charge in [0.1, 0.15) is 0 Å². The van der Waals surface area contributed by atoms with Gasteiger partial charge in [-0.2, -0.15) is 0 Å². The molecular formula is C16H17NO. The van der Waals surface area contributed by atoms with Crippen LogP contribution in [0.4, 0.5) is 5.69 Å². The molecule has 0 amide bonds. The SMILES string of the molecule is OCc1cccc2c1CCC(c1ccccc1)N2. The van der Waals surface area contributed by atoms with Crippen LogP contribution in [0.15, 0.2) is 48.5 Å². The van der Waals surface area contributed by atoms with E-state index in [1.807, 2.05) is 18.2 Å². The first-order valence-electron chi connectivity index (χ1n) is 6.41. The molecule has 1 unspecified atom stereocenters. The number of hydrogen-bond acceptors (Lipinski definition) is 2. The number of benzene rings is 2. The van der Waals surface area contributed by atoms with Crippen molar-refractivity contribution in [2.45, 2.75) is 25.5 Å². The topological polar surface area (TPSA) is 32.3 Å². The highest BCUT2D eigenvalue weighted by molar-refractivity contribution is 5.58. The Balaban J connectivity index is 1.90. The van der Waals surface area contributed by atoms with E-state index in [4.69, 9.17) is 0 Å².